The first kappa shape index (κ1) is 8.47. The molecule has 0 aromatic rings. The van der Waals surface area contributed by atoms with E-state index in [-0.39, 0.29) is 0 Å². The predicted molar refractivity (Wildman–Crippen MR) is 39.1 cm³/mol. The van der Waals surface area contributed by atoms with Gasteiger partial charge in [0.15, 0.2) is 5.03 Å². The highest BCUT2D eigenvalue weighted by atomic mass is 16.7. The summed E-state index contributed by atoms with van der Waals surface area (Å²) in [6.45, 7) is 1.53. The fourth-order valence-corrected chi connectivity index (χ4v) is 0.751. The van der Waals surface area contributed by atoms with Crippen LogP contribution in [0, 0.1) is 10.1 Å². The van der Waals surface area contributed by atoms with Crippen LogP contribution in [-0.4, -0.2) is 21.7 Å². The molecule has 66 valence electrons. The Labute approximate surface area is 67.9 Å². The van der Waals surface area contributed by atoms with Crippen LogP contribution in [0.1, 0.15) is 6.92 Å². The number of hydrazine groups is 1. The summed E-state index contributed by atoms with van der Waals surface area (Å²) < 4.78 is 0. The van der Waals surface area contributed by atoms with Crippen molar-refractivity contribution in [3.05, 3.63) is 22.4 Å². The van der Waals surface area contributed by atoms with Gasteiger partial charge in [-0.3, -0.25) is 0 Å². The number of amides is 2. The third-order valence-corrected chi connectivity index (χ3v) is 1.32. The molecule has 1 atom stereocenters. The maximum atomic E-state index is 10.9. The van der Waals surface area contributed by atoms with Gasteiger partial charge >= 0.3 is 6.03 Å². The van der Waals surface area contributed by atoms with E-state index in [1.54, 1.807) is 0 Å². The van der Waals surface area contributed by atoms with Gasteiger partial charge in [-0.2, -0.15) is 0 Å². The second-order valence-corrected chi connectivity index (χ2v) is 2.61. The normalized spacial score (nSPS) is 28.5. The molecule has 7 heteroatoms. The first-order chi connectivity index (χ1) is 5.42. The van der Waals surface area contributed by atoms with E-state index in [1.807, 2.05) is 0 Å². The van der Waals surface area contributed by atoms with Crippen LogP contribution < -0.4 is 11.1 Å². The van der Waals surface area contributed by atoms with Gasteiger partial charge in [-0.1, -0.05) is 0 Å². The van der Waals surface area contributed by atoms with Gasteiger partial charge in [0.05, 0.1) is 6.20 Å². The molecule has 0 aliphatic carbocycles. The molecule has 0 aromatic heterocycles. The van der Waals surface area contributed by atoms with E-state index >= 15 is 0 Å². The van der Waals surface area contributed by atoms with E-state index in [0.29, 0.717) is 5.01 Å². The fourth-order valence-electron chi connectivity index (χ4n) is 0.751. The van der Waals surface area contributed by atoms with Crippen molar-refractivity contribution >= 4 is 6.03 Å². The van der Waals surface area contributed by atoms with Crippen LogP contribution in [0.15, 0.2) is 12.3 Å². The third kappa shape index (κ3) is 1.51. The van der Waals surface area contributed by atoms with Crippen molar-refractivity contribution in [3.8, 4) is 0 Å². The topological polar surface area (TPSA) is 102 Å². The molecular formula is C5H8N4O3. The Balaban J connectivity index is 2.86. The van der Waals surface area contributed by atoms with Gasteiger partial charge in [0.2, 0.25) is 0 Å². The molecule has 2 amide bonds. The number of urea groups is 1. The van der Waals surface area contributed by atoms with Gasteiger partial charge in [-0.15, -0.1) is 0 Å². The lowest BCUT2D eigenvalue weighted by Gasteiger charge is -2.26. The van der Waals surface area contributed by atoms with Crippen LogP contribution in [-0.2, 0) is 0 Å². The minimum atomic E-state index is -1.01. The van der Waals surface area contributed by atoms with Crippen LogP contribution in [0.3, 0.4) is 0 Å². The molecule has 7 nitrogen and oxygen atoms in total. The quantitative estimate of drug-likeness (QED) is 0.407. The van der Waals surface area contributed by atoms with Gasteiger partial charge in [0.1, 0.15) is 5.66 Å². The van der Waals surface area contributed by atoms with Crippen LogP contribution in [0.4, 0.5) is 4.79 Å². The Kier molecular flexibility index (Phi) is 1.73. The molecular weight excluding hydrogens is 164 g/mol. The molecule has 1 aliphatic heterocycles. The summed E-state index contributed by atoms with van der Waals surface area (Å²) in [5, 5.41) is 11.9. The second-order valence-electron chi connectivity index (χ2n) is 2.61. The number of nitrogens with zero attached hydrogens (tertiary/aromatic N) is 2. The molecule has 0 spiro atoms. The standard InChI is InChI=1S/C5H8N4O3/c1-5(6)2-3-8(9(11)12)4(10)7-5/h2-3H,6H2,1H3,(H,7,10). The average Bonchev–Trinajstić information content (AvgIpc) is 1.83. The van der Waals surface area contributed by atoms with E-state index in [9.17, 15) is 14.9 Å². The highest BCUT2D eigenvalue weighted by molar-refractivity contribution is 5.76. The molecule has 1 heterocycles. The number of carbonyl (C=O) groups excluding carboxylic acids is 1. The number of nitrogens with two attached hydrogens (primary N) is 1. The van der Waals surface area contributed by atoms with Crippen molar-refractivity contribution in [2.24, 2.45) is 5.73 Å². The smallest absolute Gasteiger partial charge is 0.312 e. The summed E-state index contributed by atoms with van der Waals surface area (Å²) in [5.74, 6) is 0. The van der Waals surface area contributed by atoms with Crippen LogP contribution in [0.25, 0.3) is 0 Å². The summed E-state index contributed by atoms with van der Waals surface area (Å²) in [7, 11) is 0. The molecule has 0 bridgehead atoms. The molecule has 0 radical (unpaired) electrons. The highest BCUT2D eigenvalue weighted by Crippen LogP contribution is 2.06. The number of hydrogen-bond acceptors (Lipinski definition) is 4. The fraction of sp³-hybridized carbons (Fsp3) is 0.400. The number of nitrogens with one attached hydrogen (secondary N) is 1. The zero-order chi connectivity index (χ0) is 9.35. The van der Waals surface area contributed by atoms with Crippen LogP contribution >= 0.6 is 0 Å². The minimum Gasteiger partial charge on any atom is -0.312 e. The molecule has 0 aromatic carbocycles. The van der Waals surface area contributed by atoms with Crippen molar-refractivity contribution in [3.63, 3.8) is 0 Å². The predicted octanol–water partition coefficient (Wildman–Crippen LogP) is -0.608. The summed E-state index contributed by atoms with van der Waals surface area (Å²) in [5.41, 5.74) is 4.45. The lowest BCUT2D eigenvalue weighted by Crippen LogP contribution is -2.59. The van der Waals surface area contributed by atoms with Gasteiger partial charge in [-0.25, -0.2) is 14.9 Å². The molecule has 1 aliphatic rings. The van der Waals surface area contributed by atoms with Crippen molar-refractivity contribution in [2.45, 2.75) is 12.6 Å². The number of nitro groups is 1. The van der Waals surface area contributed by atoms with E-state index in [0.717, 1.165) is 6.20 Å². The molecule has 1 rings (SSSR count). The Hall–Kier alpha value is -1.63. The lowest BCUT2D eigenvalue weighted by molar-refractivity contribution is -0.618. The number of carbonyl (C=O) groups is 1. The molecule has 0 fully saturated rings. The Morgan fingerprint density at radius 1 is 1.83 bits per heavy atom. The van der Waals surface area contributed by atoms with Crippen LogP contribution in [0.2, 0.25) is 0 Å². The average molecular weight is 172 g/mol. The summed E-state index contributed by atoms with van der Waals surface area (Å²) in [4.78, 5) is 21.0. The first-order valence-corrected chi connectivity index (χ1v) is 3.16. The molecule has 3 N–H and O–H groups in total. The largest absolute Gasteiger partial charge is 0.382 e. The zero-order valence-electron chi connectivity index (χ0n) is 6.35. The first-order valence-electron chi connectivity index (χ1n) is 3.16. The summed E-state index contributed by atoms with van der Waals surface area (Å²) >= 11 is 0. The zero-order valence-corrected chi connectivity index (χ0v) is 6.35. The summed E-state index contributed by atoms with van der Waals surface area (Å²) in [6.07, 6.45) is 2.36. The van der Waals surface area contributed by atoms with Crippen molar-refractivity contribution in [1.29, 1.82) is 0 Å². The van der Waals surface area contributed by atoms with E-state index in [2.05, 4.69) is 5.32 Å². The minimum absolute atomic E-state index is 0.328. The number of rotatable bonds is 1. The van der Waals surface area contributed by atoms with Gasteiger partial charge < -0.3 is 11.1 Å². The second kappa shape index (κ2) is 2.45. The SMILES string of the molecule is CC1(N)C=CN([N+](=O)[O-])C(=O)N1. The Morgan fingerprint density at radius 2 is 2.42 bits per heavy atom. The Morgan fingerprint density at radius 3 is 2.83 bits per heavy atom. The summed E-state index contributed by atoms with van der Waals surface area (Å²) in [6, 6.07) is -0.840. The molecule has 0 saturated carbocycles. The van der Waals surface area contributed by atoms with Crippen molar-refractivity contribution in [1.82, 2.24) is 10.3 Å². The van der Waals surface area contributed by atoms with Gasteiger partial charge in [0.25, 0.3) is 0 Å². The van der Waals surface area contributed by atoms with E-state index in [4.69, 9.17) is 5.73 Å². The van der Waals surface area contributed by atoms with E-state index in [1.165, 1.54) is 13.0 Å². The Bertz CT molecular complexity index is 259. The molecule has 1 unspecified atom stereocenters. The third-order valence-electron chi connectivity index (χ3n) is 1.32. The monoisotopic (exact) mass is 172 g/mol. The highest BCUT2D eigenvalue weighted by Gasteiger charge is 2.32. The van der Waals surface area contributed by atoms with Crippen LogP contribution in [0.5, 0.6) is 0 Å². The van der Waals surface area contributed by atoms with Crippen molar-refractivity contribution < 1.29 is 9.83 Å². The number of hydrogen-bond donors (Lipinski definition) is 2. The van der Waals surface area contributed by atoms with Gasteiger partial charge in [0, 0.05) is 0 Å². The van der Waals surface area contributed by atoms with Gasteiger partial charge in [-0.05, 0) is 18.0 Å². The lowest BCUT2D eigenvalue weighted by atomic mass is 10.2. The molecule has 0 saturated heterocycles. The maximum Gasteiger partial charge on any atom is 0.382 e. The molecule has 12 heavy (non-hydrogen) atoms. The van der Waals surface area contributed by atoms with E-state index < -0.39 is 16.7 Å². The maximum absolute atomic E-state index is 10.9. The van der Waals surface area contributed by atoms with Crippen molar-refractivity contribution in [2.75, 3.05) is 0 Å².